The van der Waals surface area contributed by atoms with Crippen LogP contribution in [0.4, 0.5) is 5.69 Å². The van der Waals surface area contributed by atoms with E-state index in [4.69, 9.17) is 0 Å². The van der Waals surface area contributed by atoms with Gasteiger partial charge in [-0.1, -0.05) is 62.4 Å². The number of aryl methyl sites for hydroxylation is 1. The van der Waals surface area contributed by atoms with Gasteiger partial charge in [-0.2, -0.15) is 0 Å². The molecule has 0 spiro atoms. The van der Waals surface area contributed by atoms with E-state index in [1.54, 1.807) is 6.92 Å². The average Bonchev–Trinajstić information content (AvgIpc) is 2.59. The van der Waals surface area contributed by atoms with Crippen molar-refractivity contribution in [1.29, 1.82) is 0 Å². The van der Waals surface area contributed by atoms with Crippen molar-refractivity contribution >= 4 is 11.6 Å². The predicted octanol–water partition coefficient (Wildman–Crippen LogP) is 4.54. The van der Waals surface area contributed by atoms with E-state index in [0.717, 1.165) is 38.0 Å². The lowest BCUT2D eigenvalue weighted by atomic mass is 9.80. The van der Waals surface area contributed by atoms with Crippen LogP contribution < -0.4 is 10.6 Å². The van der Waals surface area contributed by atoms with Crippen molar-refractivity contribution in [3.8, 4) is 0 Å². The molecule has 2 N–H and O–H groups in total. The maximum Gasteiger partial charge on any atom is 0.221 e. The molecule has 0 unspecified atom stereocenters. The second-order valence-electron chi connectivity index (χ2n) is 7.20. The Morgan fingerprint density at radius 3 is 2.36 bits per heavy atom. The molecule has 0 saturated carbocycles. The zero-order chi connectivity index (χ0) is 18.1. The summed E-state index contributed by atoms with van der Waals surface area (Å²) in [6.45, 7) is 8.02. The molecule has 0 radical (unpaired) electrons. The second-order valence-corrected chi connectivity index (χ2v) is 7.20. The molecule has 0 atom stereocenters. The van der Waals surface area contributed by atoms with Crippen LogP contribution in [0.3, 0.4) is 0 Å². The van der Waals surface area contributed by atoms with Crippen molar-refractivity contribution in [1.82, 2.24) is 5.32 Å². The van der Waals surface area contributed by atoms with Gasteiger partial charge in [0.1, 0.15) is 0 Å². The lowest BCUT2D eigenvalue weighted by Gasteiger charge is -2.28. The summed E-state index contributed by atoms with van der Waals surface area (Å²) in [7, 11) is 0. The van der Waals surface area contributed by atoms with E-state index in [1.165, 1.54) is 11.1 Å². The van der Waals surface area contributed by atoms with Gasteiger partial charge in [0.2, 0.25) is 5.91 Å². The highest BCUT2D eigenvalue weighted by Gasteiger charge is 2.23. The first-order chi connectivity index (χ1) is 12.0. The Labute approximate surface area is 151 Å². The highest BCUT2D eigenvalue weighted by Crippen LogP contribution is 2.32. The van der Waals surface area contributed by atoms with Crippen molar-refractivity contribution in [2.45, 2.75) is 45.4 Å². The molecule has 0 bridgehead atoms. The van der Waals surface area contributed by atoms with Crippen LogP contribution in [0, 0.1) is 0 Å². The van der Waals surface area contributed by atoms with Crippen LogP contribution in [0.25, 0.3) is 0 Å². The van der Waals surface area contributed by atoms with Gasteiger partial charge in [0.15, 0.2) is 0 Å². The Morgan fingerprint density at radius 1 is 0.960 bits per heavy atom. The molecule has 2 aromatic carbocycles. The first-order valence-electron chi connectivity index (χ1n) is 9.11. The topological polar surface area (TPSA) is 41.1 Å². The van der Waals surface area contributed by atoms with Crippen LogP contribution in [0.15, 0.2) is 54.6 Å². The van der Waals surface area contributed by atoms with E-state index >= 15 is 0 Å². The molecular formula is C22H30N2O. The fourth-order valence-corrected chi connectivity index (χ4v) is 3.09. The molecule has 0 aliphatic heterocycles. The Morgan fingerprint density at radius 2 is 1.64 bits per heavy atom. The maximum absolute atomic E-state index is 11.4. The standard InChI is InChI=1S/C22H30N2O/c1-18(25)24-21-14-8-7-13-20(21)22(2,3)15-17-23-16-9-12-19-10-5-4-6-11-19/h4-8,10-11,13-14,23H,9,12,15-17H2,1-3H3,(H,24,25). The van der Waals surface area contributed by atoms with Gasteiger partial charge in [0.05, 0.1) is 0 Å². The monoisotopic (exact) mass is 338 g/mol. The fourth-order valence-electron chi connectivity index (χ4n) is 3.09. The minimum absolute atomic E-state index is 0.00543. The summed E-state index contributed by atoms with van der Waals surface area (Å²) in [5.74, 6) is -0.0257. The van der Waals surface area contributed by atoms with Crippen LogP contribution in [0.5, 0.6) is 0 Å². The third-order valence-corrected chi connectivity index (χ3v) is 4.56. The van der Waals surface area contributed by atoms with Gasteiger partial charge in [-0.3, -0.25) is 4.79 Å². The highest BCUT2D eigenvalue weighted by atomic mass is 16.1. The number of hydrogen-bond donors (Lipinski definition) is 2. The lowest BCUT2D eigenvalue weighted by molar-refractivity contribution is -0.114. The highest BCUT2D eigenvalue weighted by molar-refractivity contribution is 5.89. The number of amides is 1. The molecule has 0 fully saturated rings. The van der Waals surface area contributed by atoms with Crippen molar-refractivity contribution < 1.29 is 4.79 Å². The van der Waals surface area contributed by atoms with Crippen LogP contribution in [-0.4, -0.2) is 19.0 Å². The Balaban J connectivity index is 1.78. The van der Waals surface area contributed by atoms with Crippen molar-refractivity contribution in [3.05, 3.63) is 65.7 Å². The third kappa shape index (κ3) is 6.35. The van der Waals surface area contributed by atoms with Gasteiger partial charge >= 0.3 is 0 Å². The van der Waals surface area contributed by atoms with E-state index in [1.807, 2.05) is 18.2 Å². The van der Waals surface area contributed by atoms with Gasteiger partial charge in [-0.05, 0) is 55.0 Å². The van der Waals surface area contributed by atoms with Crippen molar-refractivity contribution in [2.75, 3.05) is 18.4 Å². The number of anilines is 1. The SMILES string of the molecule is CC(=O)Nc1ccccc1C(C)(C)CCNCCCc1ccccc1. The number of para-hydroxylation sites is 1. The van der Waals surface area contributed by atoms with Crippen molar-refractivity contribution in [3.63, 3.8) is 0 Å². The molecule has 0 aromatic heterocycles. The molecule has 0 aliphatic carbocycles. The zero-order valence-electron chi connectivity index (χ0n) is 15.6. The van der Waals surface area contributed by atoms with Crippen LogP contribution in [0.2, 0.25) is 0 Å². The van der Waals surface area contributed by atoms with Gasteiger partial charge < -0.3 is 10.6 Å². The normalized spacial score (nSPS) is 11.3. The van der Waals surface area contributed by atoms with E-state index in [-0.39, 0.29) is 11.3 Å². The summed E-state index contributed by atoms with van der Waals surface area (Å²) in [5.41, 5.74) is 3.51. The molecule has 0 saturated heterocycles. The minimum atomic E-state index is -0.0257. The molecular weight excluding hydrogens is 308 g/mol. The Bertz CT molecular complexity index is 665. The van der Waals surface area contributed by atoms with Crippen LogP contribution in [-0.2, 0) is 16.6 Å². The summed E-state index contributed by atoms with van der Waals surface area (Å²) >= 11 is 0. The van der Waals surface area contributed by atoms with Gasteiger partial charge in [0, 0.05) is 12.6 Å². The van der Waals surface area contributed by atoms with E-state index < -0.39 is 0 Å². The number of carbonyl (C=O) groups excluding carboxylic acids is 1. The average molecular weight is 338 g/mol. The summed E-state index contributed by atoms with van der Waals surface area (Å²) in [4.78, 5) is 11.4. The molecule has 2 rings (SSSR count). The minimum Gasteiger partial charge on any atom is -0.326 e. The summed E-state index contributed by atoms with van der Waals surface area (Å²) in [6.07, 6.45) is 3.28. The molecule has 3 nitrogen and oxygen atoms in total. The second kappa shape index (κ2) is 9.38. The van der Waals surface area contributed by atoms with E-state index in [9.17, 15) is 4.79 Å². The summed E-state index contributed by atoms with van der Waals surface area (Å²) < 4.78 is 0. The Kier molecular flexibility index (Phi) is 7.20. The van der Waals surface area contributed by atoms with Gasteiger partial charge in [-0.25, -0.2) is 0 Å². The number of rotatable bonds is 9. The van der Waals surface area contributed by atoms with Crippen molar-refractivity contribution in [2.24, 2.45) is 0 Å². The maximum atomic E-state index is 11.4. The van der Waals surface area contributed by atoms with Gasteiger partial charge in [-0.15, -0.1) is 0 Å². The molecule has 25 heavy (non-hydrogen) atoms. The number of hydrogen-bond acceptors (Lipinski definition) is 2. The largest absolute Gasteiger partial charge is 0.326 e. The van der Waals surface area contributed by atoms with Crippen LogP contribution in [0.1, 0.15) is 44.7 Å². The fraction of sp³-hybridized carbons (Fsp3) is 0.409. The molecule has 1 amide bonds. The quantitative estimate of drug-likeness (QED) is 0.659. The Hall–Kier alpha value is -2.13. The predicted molar refractivity (Wildman–Crippen MR) is 106 cm³/mol. The molecule has 134 valence electrons. The zero-order valence-corrected chi connectivity index (χ0v) is 15.6. The molecule has 0 heterocycles. The van der Waals surface area contributed by atoms with Gasteiger partial charge in [0.25, 0.3) is 0 Å². The molecule has 2 aromatic rings. The number of benzene rings is 2. The first kappa shape index (κ1) is 19.2. The summed E-state index contributed by atoms with van der Waals surface area (Å²) in [6, 6.07) is 18.7. The van der Waals surface area contributed by atoms with E-state index in [0.29, 0.717) is 0 Å². The summed E-state index contributed by atoms with van der Waals surface area (Å²) in [5, 5.41) is 6.50. The third-order valence-electron chi connectivity index (χ3n) is 4.56. The number of nitrogens with one attached hydrogen (secondary N) is 2. The smallest absolute Gasteiger partial charge is 0.221 e. The van der Waals surface area contributed by atoms with Crippen LogP contribution >= 0.6 is 0 Å². The van der Waals surface area contributed by atoms with E-state index in [2.05, 4.69) is 60.9 Å². The number of carbonyl (C=O) groups is 1. The lowest BCUT2D eigenvalue weighted by Crippen LogP contribution is -2.27. The first-order valence-corrected chi connectivity index (χ1v) is 9.11. The molecule has 0 aliphatic rings. The molecule has 3 heteroatoms.